The van der Waals surface area contributed by atoms with Gasteiger partial charge in [-0.3, -0.25) is 10.2 Å². The van der Waals surface area contributed by atoms with Gasteiger partial charge in [0.25, 0.3) is 0 Å². The number of amidine groups is 1. The van der Waals surface area contributed by atoms with E-state index in [4.69, 9.17) is 11.1 Å². The zero-order valence-corrected chi connectivity index (χ0v) is 6.62. The number of nitrogens with two attached hydrogens (primary N) is 1. The number of carbonyl (C=O) groups excluding carboxylic acids is 1. The minimum absolute atomic E-state index is 0.0517. The Morgan fingerprint density at radius 1 is 1.80 bits per heavy atom. The molecule has 5 heteroatoms. The van der Waals surface area contributed by atoms with Crippen LogP contribution in [0.15, 0.2) is 0 Å². The van der Waals surface area contributed by atoms with E-state index in [1.165, 1.54) is 18.7 Å². The Kier molecular flexibility index (Phi) is 4.74. The average molecular weight is 161 g/mol. The number of thioether (sulfide) groups is 1. The van der Waals surface area contributed by atoms with E-state index in [9.17, 15) is 4.79 Å². The molecule has 4 N–H and O–H groups in total. The van der Waals surface area contributed by atoms with Crippen molar-refractivity contribution in [2.24, 2.45) is 5.73 Å². The Morgan fingerprint density at radius 2 is 2.40 bits per heavy atom. The molecule has 0 radical (unpaired) electrons. The molecule has 0 aliphatic carbocycles. The van der Waals surface area contributed by atoms with Crippen LogP contribution in [0.2, 0.25) is 0 Å². The van der Waals surface area contributed by atoms with Crippen molar-refractivity contribution in [1.29, 1.82) is 5.41 Å². The smallest absolute Gasteiger partial charge is 0.216 e. The first-order chi connectivity index (χ1) is 4.63. The van der Waals surface area contributed by atoms with Crippen LogP contribution in [0.1, 0.15) is 6.92 Å². The van der Waals surface area contributed by atoms with E-state index >= 15 is 0 Å². The van der Waals surface area contributed by atoms with Crippen molar-refractivity contribution in [2.45, 2.75) is 6.92 Å². The lowest BCUT2D eigenvalue weighted by Crippen LogP contribution is -2.23. The summed E-state index contributed by atoms with van der Waals surface area (Å²) >= 11 is 1.22. The molecule has 0 bridgehead atoms. The minimum atomic E-state index is -0.0517. The summed E-state index contributed by atoms with van der Waals surface area (Å²) < 4.78 is 0. The Morgan fingerprint density at radius 3 is 2.80 bits per heavy atom. The largest absolute Gasteiger partial charge is 0.379 e. The Labute approximate surface area is 64.1 Å². The van der Waals surface area contributed by atoms with Crippen LogP contribution in [-0.2, 0) is 4.79 Å². The van der Waals surface area contributed by atoms with Crippen molar-refractivity contribution in [3.8, 4) is 0 Å². The molecule has 0 saturated carbocycles. The van der Waals surface area contributed by atoms with Gasteiger partial charge >= 0.3 is 0 Å². The molecule has 0 fully saturated rings. The molecule has 58 valence electrons. The molecule has 0 aliphatic heterocycles. The zero-order valence-electron chi connectivity index (χ0n) is 5.81. The molecule has 4 nitrogen and oxygen atoms in total. The quantitative estimate of drug-likeness (QED) is 0.303. The van der Waals surface area contributed by atoms with Crippen LogP contribution in [0.25, 0.3) is 0 Å². The summed E-state index contributed by atoms with van der Waals surface area (Å²) in [6.07, 6.45) is 0. The SMILES string of the molecule is CC(=O)NCCSC(=N)N. The van der Waals surface area contributed by atoms with Gasteiger partial charge in [0.15, 0.2) is 5.17 Å². The van der Waals surface area contributed by atoms with Crippen molar-refractivity contribution in [3.05, 3.63) is 0 Å². The summed E-state index contributed by atoms with van der Waals surface area (Å²) in [5.74, 6) is 0.610. The fraction of sp³-hybridized carbons (Fsp3) is 0.600. The van der Waals surface area contributed by atoms with Gasteiger partial charge in [0.05, 0.1) is 0 Å². The molecule has 0 aromatic rings. The molecule has 0 saturated heterocycles. The minimum Gasteiger partial charge on any atom is -0.379 e. The van der Waals surface area contributed by atoms with Crippen LogP contribution in [-0.4, -0.2) is 23.4 Å². The summed E-state index contributed by atoms with van der Waals surface area (Å²) in [5.41, 5.74) is 5.04. The number of nitrogens with one attached hydrogen (secondary N) is 2. The summed E-state index contributed by atoms with van der Waals surface area (Å²) in [6.45, 7) is 2.03. The first-order valence-corrected chi connectivity index (χ1v) is 3.82. The molecular weight excluding hydrogens is 150 g/mol. The molecule has 0 aromatic heterocycles. The van der Waals surface area contributed by atoms with Gasteiger partial charge in [-0.2, -0.15) is 0 Å². The van der Waals surface area contributed by atoms with Crippen LogP contribution < -0.4 is 11.1 Å². The highest BCUT2D eigenvalue weighted by molar-refractivity contribution is 8.13. The van der Waals surface area contributed by atoms with Crippen LogP contribution in [0.5, 0.6) is 0 Å². The molecular formula is C5H11N3OS. The van der Waals surface area contributed by atoms with E-state index < -0.39 is 0 Å². The van der Waals surface area contributed by atoms with Crippen molar-refractivity contribution in [1.82, 2.24) is 5.32 Å². The highest BCUT2D eigenvalue weighted by Gasteiger charge is 1.91. The third kappa shape index (κ3) is 7.29. The molecule has 0 heterocycles. The Hall–Kier alpha value is -0.710. The van der Waals surface area contributed by atoms with Crippen molar-refractivity contribution < 1.29 is 4.79 Å². The average Bonchev–Trinajstić information content (AvgIpc) is 1.79. The van der Waals surface area contributed by atoms with Crippen molar-refractivity contribution in [2.75, 3.05) is 12.3 Å². The second kappa shape index (κ2) is 5.10. The number of carbonyl (C=O) groups is 1. The van der Waals surface area contributed by atoms with Gasteiger partial charge in [0, 0.05) is 19.2 Å². The molecule has 0 spiro atoms. The maximum absolute atomic E-state index is 10.3. The summed E-state index contributed by atoms with van der Waals surface area (Å²) in [5, 5.41) is 9.49. The third-order valence-corrected chi connectivity index (χ3v) is 1.45. The summed E-state index contributed by atoms with van der Waals surface area (Å²) in [6, 6.07) is 0. The lowest BCUT2D eigenvalue weighted by atomic mass is 10.6. The maximum atomic E-state index is 10.3. The van der Waals surface area contributed by atoms with Gasteiger partial charge in [-0.05, 0) is 0 Å². The predicted octanol–water partition coefficient (Wildman–Crippen LogP) is -0.251. The highest BCUT2D eigenvalue weighted by atomic mass is 32.2. The predicted molar refractivity (Wildman–Crippen MR) is 43.1 cm³/mol. The molecule has 1 amide bonds. The summed E-state index contributed by atoms with van der Waals surface area (Å²) in [7, 11) is 0. The first-order valence-electron chi connectivity index (χ1n) is 2.84. The van der Waals surface area contributed by atoms with E-state index in [-0.39, 0.29) is 11.1 Å². The molecule has 0 atom stereocenters. The van der Waals surface area contributed by atoms with Gasteiger partial charge in [-0.15, -0.1) is 0 Å². The standard InChI is InChI=1S/C5H11N3OS/c1-4(9)8-2-3-10-5(6)7/h2-3H2,1H3,(H3,6,7)(H,8,9). The second-order valence-electron chi connectivity index (χ2n) is 1.70. The van der Waals surface area contributed by atoms with E-state index in [0.29, 0.717) is 12.3 Å². The van der Waals surface area contributed by atoms with Gasteiger partial charge in [-0.1, -0.05) is 11.8 Å². The van der Waals surface area contributed by atoms with E-state index in [1.807, 2.05) is 0 Å². The number of hydrogen-bond donors (Lipinski definition) is 3. The lowest BCUT2D eigenvalue weighted by molar-refractivity contribution is -0.118. The van der Waals surface area contributed by atoms with Crippen LogP contribution >= 0.6 is 11.8 Å². The van der Waals surface area contributed by atoms with E-state index in [2.05, 4.69) is 5.32 Å². The monoisotopic (exact) mass is 161 g/mol. The molecule has 10 heavy (non-hydrogen) atoms. The van der Waals surface area contributed by atoms with Gasteiger partial charge < -0.3 is 11.1 Å². The number of amides is 1. The maximum Gasteiger partial charge on any atom is 0.216 e. The number of rotatable bonds is 3. The fourth-order valence-electron chi connectivity index (χ4n) is 0.388. The molecule has 0 aliphatic rings. The molecule has 0 unspecified atom stereocenters. The van der Waals surface area contributed by atoms with Crippen molar-refractivity contribution in [3.63, 3.8) is 0 Å². The third-order valence-electron chi connectivity index (χ3n) is 0.734. The number of hydrogen-bond acceptors (Lipinski definition) is 3. The molecule has 0 rings (SSSR count). The topological polar surface area (TPSA) is 79.0 Å². The Bertz CT molecular complexity index is 121. The van der Waals surface area contributed by atoms with E-state index in [1.54, 1.807) is 0 Å². The van der Waals surface area contributed by atoms with E-state index in [0.717, 1.165) is 0 Å². The Balaban J connectivity index is 3.06. The van der Waals surface area contributed by atoms with Gasteiger partial charge in [0.2, 0.25) is 5.91 Å². The normalized spacial score (nSPS) is 8.90. The van der Waals surface area contributed by atoms with Gasteiger partial charge in [0.1, 0.15) is 0 Å². The fourth-order valence-corrected chi connectivity index (χ4v) is 0.812. The van der Waals surface area contributed by atoms with Crippen LogP contribution in [0.4, 0.5) is 0 Å². The summed E-state index contributed by atoms with van der Waals surface area (Å²) in [4.78, 5) is 10.3. The van der Waals surface area contributed by atoms with Crippen molar-refractivity contribution >= 4 is 22.8 Å². The van der Waals surface area contributed by atoms with Crippen LogP contribution in [0.3, 0.4) is 0 Å². The second-order valence-corrected chi connectivity index (χ2v) is 2.83. The van der Waals surface area contributed by atoms with Crippen LogP contribution in [0, 0.1) is 5.41 Å². The molecule has 0 aromatic carbocycles. The first kappa shape index (κ1) is 9.29. The zero-order chi connectivity index (χ0) is 7.98. The van der Waals surface area contributed by atoms with Gasteiger partial charge in [-0.25, -0.2) is 0 Å². The highest BCUT2D eigenvalue weighted by Crippen LogP contribution is 1.94. The lowest BCUT2D eigenvalue weighted by Gasteiger charge is -1.98.